The van der Waals surface area contributed by atoms with E-state index in [9.17, 15) is 22.4 Å². The number of hydrogen-bond donors (Lipinski definition) is 1. The molecule has 10 heteroatoms. The Balaban J connectivity index is 1.67. The Morgan fingerprint density at radius 2 is 1.86 bits per heavy atom. The fraction of sp³-hybridized carbons (Fsp3) is 0.333. The molecule has 1 aromatic heterocycles. The molecule has 0 radical (unpaired) electrons. The van der Waals surface area contributed by atoms with Crippen LogP contribution in [0.3, 0.4) is 0 Å². The van der Waals surface area contributed by atoms with Crippen molar-refractivity contribution in [3.63, 3.8) is 0 Å². The first-order valence-corrected chi connectivity index (χ1v) is 11.8. The lowest BCUT2D eigenvalue weighted by atomic mass is 10.0. The summed E-state index contributed by atoms with van der Waals surface area (Å²) < 4.78 is 66.1. The number of ketones is 1. The second-order valence-corrected chi connectivity index (χ2v) is 8.58. The molecular weight excluding hydrogens is 490 g/mol. The van der Waals surface area contributed by atoms with E-state index in [1.807, 2.05) is 18.2 Å². The molecule has 6 nitrogen and oxygen atoms in total. The molecule has 0 saturated carbocycles. The molecule has 0 spiro atoms. The first-order chi connectivity index (χ1) is 17.7. The van der Waals surface area contributed by atoms with E-state index in [0.29, 0.717) is 24.7 Å². The molecule has 4 rings (SSSR count). The molecule has 2 heterocycles. The summed E-state index contributed by atoms with van der Waals surface area (Å²) in [5.74, 6) is -0.453. The molecule has 0 unspecified atom stereocenters. The number of aromatic nitrogens is 1. The van der Waals surface area contributed by atoms with E-state index in [2.05, 4.69) is 15.2 Å². The number of Topliss-reactive ketones (excluding diaryl/α,β-unsaturated/α-hetero) is 1. The summed E-state index contributed by atoms with van der Waals surface area (Å²) in [6.07, 6.45) is -3.65. The van der Waals surface area contributed by atoms with Crippen LogP contribution < -0.4 is 15.0 Å². The highest BCUT2D eigenvalue weighted by Gasteiger charge is 2.34. The number of pyridine rings is 1. The van der Waals surface area contributed by atoms with Crippen LogP contribution in [0.15, 0.2) is 48.7 Å². The molecule has 0 bridgehead atoms. The van der Waals surface area contributed by atoms with E-state index in [-0.39, 0.29) is 29.8 Å². The lowest BCUT2D eigenvalue weighted by molar-refractivity contribution is -0.137. The van der Waals surface area contributed by atoms with Crippen molar-refractivity contribution in [2.75, 3.05) is 43.6 Å². The van der Waals surface area contributed by atoms with Crippen molar-refractivity contribution in [3.05, 3.63) is 76.9 Å². The monoisotopic (exact) mass is 517 g/mol. The summed E-state index contributed by atoms with van der Waals surface area (Å²) in [5, 5.41) is 2.70. The van der Waals surface area contributed by atoms with Gasteiger partial charge in [-0.1, -0.05) is 13.0 Å². The summed E-state index contributed by atoms with van der Waals surface area (Å²) >= 11 is 0. The van der Waals surface area contributed by atoms with E-state index in [0.717, 1.165) is 42.7 Å². The van der Waals surface area contributed by atoms with Gasteiger partial charge in [0.25, 0.3) is 0 Å². The van der Waals surface area contributed by atoms with Crippen LogP contribution in [0, 0.1) is 5.82 Å². The van der Waals surface area contributed by atoms with Gasteiger partial charge in [-0.05, 0) is 30.3 Å². The molecular formula is C27H27F4N3O3. The van der Waals surface area contributed by atoms with E-state index < -0.39 is 23.3 Å². The van der Waals surface area contributed by atoms with Crippen LogP contribution >= 0.6 is 0 Å². The van der Waals surface area contributed by atoms with E-state index in [4.69, 9.17) is 9.47 Å². The number of carbonyl (C=O) groups excluding carboxylic acids is 1. The normalized spacial score (nSPS) is 13.9. The number of hydrogen-bond acceptors (Lipinski definition) is 6. The van der Waals surface area contributed by atoms with Gasteiger partial charge in [-0.2, -0.15) is 13.2 Å². The lowest BCUT2D eigenvalue weighted by Gasteiger charge is -2.29. The Labute approximate surface area is 212 Å². The van der Waals surface area contributed by atoms with Gasteiger partial charge in [-0.3, -0.25) is 9.78 Å². The SMILES string of the molecule is CCC(=O)c1cc(F)ccc1Nc1cc(Cc2ccc(N3CCOCC3)cc2OC)ncc1C(F)(F)F. The molecule has 0 atom stereocenters. The summed E-state index contributed by atoms with van der Waals surface area (Å²) in [6.45, 7) is 4.37. The third kappa shape index (κ3) is 6.19. The summed E-state index contributed by atoms with van der Waals surface area (Å²) in [7, 11) is 1.54. The van der Waals surface area contributed by atoms with Gasteiger partial charge in [0.15, 0.2) is 5.78 Å². The molecule has 1 N–H and O–H groups in total. The summed E-state index contributed by atoms with van der Waals surface area (Å²) in [4.78, 5) is 18.5. The first kappa shape index (κ1) is 26.4. The quantitative estimate of drug-likeness (QED) is 0.292. The standard InChI is InChI=1S/C27H27F4N3O3/c1-3-25(35)21-13-18(28)5-7-23(21)33-24-14-19(32-16-22(24)27(29,30)31)12-17-4-6-20(15-26(17)36-2)34-8-10-37-11-9-34/h4-7,13-16H,3,8-12H2,1-2H3,(H,32,33). The third-order valence-corrected chi connectivity index (χ3v) is 6.16. The third-order valence-electron chi connectivity index (χ3n) is 6.16. The van der Waals surface area contributed by atoms with Crippen LogP contribution in [0.1, 0.15) is 40.5 Å². The van der Waals surface area contributed by atoms with E-state index in [1.54, 1.807) is 6.92 Å². The van der Waals surface area contributed by atoms with Crippen LogP contribution in [0.4, 0.5) is 34.6 Å². The maximum absolute atomic E-state index is 13.8. The van der Waals surface area contributed by atoms with Crippen molar-refractivity contribution >= 4 is 22.8 Å². The molecule has 3 aromatic rings. The van der Waals surface area contributed by atoms with Gasteiger partial charge in [-0.15, -0.1) is 0 Å². The fourth-order valence-corrected chi connectivity index (χ4v) is 4.21. The molecule has 0 aliphatic carbocycles. The topological polar surface area (TPSA) is 63.7 Å². The van der Waals surface area contributed by atoms with E-state index >= 15 is 0 Å². The number of nitrogens with zero attached hydrogens (tertiary/aromatic N) is 2. The Morgan fingerprint density at radius 1 is 1.11 bits per heavy atom. The number of rotatable bonds is 8. The molecule has 1 aliphatic heterocycles. The minimum atomic E-state index is -4.69. The highest BCUT2D eigenvalue weighted by molar-refractivity contribution is 6.01. The molecule has 0 amide bonds. The largest absolute Gasteiger partial charge is 0.496 e. The number of nitrogens with one attached hydrogen (secondary N) is 1. The maximum atomic E-state index is 13.8. The van der Waals surface area contributed by atoms with Crippen molar-refractivity contribution in [2.24, 2.45) is 0 Å². The van der Waals surface area contributed by atoms with Gasteiger partial charge in [-0.25, -0.2) is 4.39 Å². The molecule has 37 heavy (non-hydrogen) atoms. The number of benzene rings is 2. The predicted octanol–water partition coefficient (Wildman–Crippen LogP) is 6.01. The van der Waals surface area contributed by atoms with Crippen molar-refractivity contribution < 1.29 is 31.8 Å². The molecule has 1 fully saturated rings. The average Bonchev–Trinajstić information content (AvgIpc) is 2.89. The maximum Gasteiger partial charge on any atom is 0.419 e. The molecule has 1 saturated heterocycles. The van der Waals surface area contributed by atoms with Gasteiger partial charge >= 0.3 is 6.18 Å². The van der Waals surface area contributed by atoms with E-state index in [1.165, 1.54) is 19.2 Å². The highest BCUT2D eigenvalue weighted by atomic mass is 19.4. The molecule has 2 aromatic carbocycles. The smallest absolute Gasteiger partial charge is 0.419 e. The minimum Gasteiger partial charge on any atom is -0.496 e. The summed E-state index contributed by atoms with van der Waals surface area (Å²) in [5.41, 5.74) is 0.872. The van der Waals surface area contributed by atoms with Crippen LogP contribution in [0.5, 0.6) is 5.75 Å². The highest BCUT2D eigenvalue weighted by Crippen LogP contribution is 2.37. The molecule has 196 valence electrons. The number of anilines is 3. The number of carbonyl (C=O) groups is 1. The van der Waals surface area contributed by atoms with Gasteiger partial charge in [0, 0.05) is 66.4 Å². The number of halogens is 4. The van der Waals surface area contributed by atoms with Crippen LogP contribution in [0.2, 0.25) is 0 Å². The zero-order valence-corrected chi connectivity index (χ0v) is 20.5. The number of ether oxygens (including phenoxy) is 2. The number of alkyl halides is 3. The summed E-state index contributed by atoms with van der Waals surface area (Å²) in [6, 6.07) is 10.4. The van der Waals surface area contributed by atoms with Gasteiger partial charge < -0.3 is 19.7 Å². The second-order valence-electron chi connectivity index (χ2n) is 8.58. The predicted molar refractivity (Wildman–Crippen MR) is 132 cm³/mol. The van der Waals surface area contributed by atoms with Crippen LogP contribution in [0.25, 0.3) is 0 Å². The zero-order chi connectivity index (χ0) is 26.6. The zero-order valence-electron chi connectivity index (χ0n) is 20.5. The molecule has 1 aliphatic rings. The number of methoxy groups -OCH3 is 1. The second kappa shape index (κ2) is 11.2. The Morgan fingerprint density at radius 3 is 2.54 bits per heavy atom. The fourth-order valence-electron chi connectivity index (χ4n) is 4.21. The van der Waals surface area contributed by atoms with Gasteiger partial charge in [0.2, 0.25) is 0 Å². The Kier molecular flexibility index (Phi) is 7.97. The van der Waals surface area contributed by atoms with Crippen molar-refractivity contribution in [3.8, 4) is 5.75 Å². The average molecular weight is 518 g/mol. The van der Waals surface area contributed by atoms with Crippen molar-refractivity contribution in [2.45, 2.75) is 25.9 Å². The Hall–Kier alpha value is -3.66. The van der Waals surface area contributed by atoms with Crippen molar-refractivity contribution in [1.29, 1.82) is 0 Å². The Bertz CT molecular complexity index is 1270. The van der Waals surface area contributed by atoms with Gasteiger partial charge in [0.1, 0.15) is 11.6 Å². The van der Waals surface area contributed by atoms with Crippen LogP contribution in [-0.2, 0) is 17.3 Å². The van der Waals surface area contributed by atoms with Crippen molar-refractivity contribution in [1.82, 2.24) is 4.98 Å². The van der Waals surface area contributed by atoms with Gasteiger partial charge in [0.05, 0.1) is 31.6 Å². The van der Waals surface area contributed by atoms with Crippen LogP contribution in [-0.4, -0.2) is 44.2 Å². The number of morpholine rings is 1. The lowest BCUT2D eigenvalue weighted by Crippen LogP contribution is -2.36. The first-order valence-electron chi connectivity index (χ1n) is 11.8. The minimum absolute atomic E-state index is 0.0191.